The highest BCUT2D eigenvalue weighted by Gasteiger charge is 2.35. The molecule has 0 aliphatic carbocycles. The largest absolute Gasteiger partial charge is 0.309 e. The molecule has 1 N–H and O–H groups in total. The van der Waals surface area contributed by atoms with Crippen molar-refractivity contribution in [3.63, 3.8) is 0 Å². The summed E-state index contributed by atoms with van der Waals surface area (Å²) in [6.07, 6.45) is 2.59. The summed E-state index contributed by atoms with van der Waals surface area (Å²) in [5, 5.41) is 3.09. The van der Waals surface area contributed by atoms with Gasteiger partial charge >= 0.3 is 0 Å². The van der Waals surface area contributed by atoms with Gasteiger partial charge in [0, 0.05) is 6.04 Å². The number of aryl methyl sites for hydroxylation is 1. The first-order chi connectivity index (χ1) is 9.04. The summed E-state index contributed by atoms with van der Waals surface area (Å²) in [5.41, 5.74) is 2.29. The first-order valence-corrected chi connectivity index (χ1v) is 8.77. The van der Waals surface area contributed by atoms with Crippen molar-refractivity contribution in [2.45, 2.75) is 44.4 Å². The average Bonchev–Trinajstić information content (AvgIpc) is 2.37. The average molecular weight is 281 g/mol. The number of nitrogens with one attached hydrogen (secondary N) is 1. The molecule has 2 rings (SSSR count). The number of sulfone groups is 1. The number of hydrogen-bond acceptors (Lipinski definition) is 3. The predicted molar refractivity (Wildman–Crippen MR) is 79.0 cm³/mol. The van der Waals surface area contributed by atoms with E-state index in [1.54, 1.807) is 0 Å². The van der Waals surface area contributed by atoms with Crippen molar-refractivity contribution >= 4 is 9.84 Å². The molecule has 1 fully saturated rings. The maximum Gasteiger partial charge on any atom is 0.155 e. The molecule has 0 radical (unpaired) electrons. The van der Waals surface area contributed by atoms with Crippen LogP contribution in [0.5, 0.6) is 0 Å². The van der Waals surface area contributed by atoms with Crippen LogP contribution >= 0.6 is 0 Å². The molecule has 1 aliphatic heterocycles. The molecule has 0 aromatic heterocycles. The van der Waals surface area contributed by atoms with E-state index in [9.17, 15) is 8.42 Å². The van der Waals surface area contributed by atoms with Gasteiger partial charge in [-0.2, -0.15) is 0 Å². The first-order valence-electron chi connectivity index (χ1n) is 7.06. The zero-order chi connectivity index (χ0) is 13.9. The van der Waals surface area contributed by atoms with Gasteiger partial charge in [-0.1, -0.05) is 43.2 Å². The molecule has 106 valence electrons. The number of benzene rings is 1. The van der Waals surface area contributed by atoms with E-state index in [-0.39, 0.29) is 11.3 Å². The lowest BCUT2D eigenvalue weighted by Gasteiger charge is -2.31. The maximum absolute atomic E-state index is 12.3. The van der Waals surface area contributed by atoms with Crippen molar-refractivity contribution in [2.75, 3.05) is 12.3 Å². The minimum Gasteiger partial charge on any atom is -0.309 e. The highest BCUT2D eigenvalue weighted by molar-refractivity contribution is 7.92. The van der Waals surface area contributed by atoms with Crippen molar-refractivity contribution in [2.24, 2.45) is 0 Å². The molecule has 1 aromatic carbocycles. The van der Waals surface area contributed by atoms with Crippen molar-refractivity contribution in [3.05, 3.63) is 35.4 Å². The van der Waals surface area contributed by atoms with Crippen LogP contribution in [0.2, 0.25) is 0 Å². The lowest BCUT2D eigenvalue weighted by molar-refractivity contribution is 0.454. The van der Waals surface area contributed by atoms with Crippen LogP contribution in [0.4, 0.5) is 0 Å². The molecule has 0 bridgehead atoms. The van der Waals surface area contributed by atoms with Crippen LogP contribution in [0.25, 0.3) is 0 Å². The second-order valence-corrected chi connectivity index (χ2v) is 7.69. The van der Waals surface area contributed by atoms with Gasteiger partial charge in [0.2, 0.25) is 0 Å². The molecule has 19 heavy (non-hydrogen) atoms. The van der Waals surface area contributed by atoms with Crippen LogP contribution < -0.4 is 5.32 Å². The van der Waals surface area contributed by atoms with E-state index in [0.717, 1.165) is 31.4 Å². The van der Waals surface area contributed by atoms with Gasteiger partial charge in [0.15, 0.2) is 9.84 Å². The van der Waals surface area contributed by atoms with Gasteiger partial charge in [-0.3, -0.25) is 0 Å². The molecule has 3 nitrogen and oxygen atoms in total. The molecule has 1 aromatic rings. The van der Waals surface area contributed by atoms with Gasteiger partial charge < -0.3 is 5.32 Å². The summed E-state index contributed by atoms with van der Waals surface area (Å²) >= 11 is 0. The fourth-order valence-corrected chi connectivity index (χ4v) is 4.91. The van der Waals surface area contributed by atoms with Crippen molar-refractivity contribution in [1.82, 2.24) is 5.32 Å². The standard InChI is InChI=1S/C15H23NO2S/c1-3-16-15(13-9-7-12(2)8-10-13)14-6-4-5-11-19(14,17)18/h7-10,14-16H,3-6,11H2,1-2H3. The third-order valence-corrected chi connectivity index (χ3v) is 6.15. The molecule has 2 atom stereocenters. The third-order valence-electron chi connectivity index (χ3n) is 3.86. The Kier molecular flexibility index (Phi) is 4.63. The Morgan fingerprint density at radius 3 is 2.53 bits per heavy atom. The first kappa shape index (κ1) is 14.5. The smallest absolute Gasteiger partial charge is 0.155 e. The van der Waals surface area contributed by atoms with Crippen LogP contribution in [-0.4, -0.2) is 26.0 Å². The Morgan fingerprint density at radius 2 is 1.95 bits per heavy atom. The Labute approximate surface area is 116 Å². The Morgan fingerprint density at radius 1 is 1.26 bits per heavy atom. The van der Waals surface area contributed by atoms with Crippen LogP contribution in [-0.2, 0) is 9.84 Å². The van der Waals surface area contributed by atoms with Gasteiger partial charge in [-0.25, -0.2) is 8.42 Å². The molecule has 0 spiro atoms. The summed E-state index contributed by atoms with van der Waals surface area (Å²) in [6, 6.07) is 8.12. The quantitative estimate of drug-likeness (QED) is 0.923. The van der Waals surface area contributed by atoms with Gasteiger partial charge in [0.1, 0.15) is 0 Å². The second kappa shape index (κ2) is 6.06. The molecule has 0 amide bonds. The fraction of sp³-hybridized carbons (Fsp3) is 0.600. The molecule has 1 heterocycles. The van der Waals surface area contributed by atoms with E-state index < -0.39 is 9.84 Å². The van der Waals surface area contributed by atoms with Gasteiger partial charge in [0.05, 0.1) is 11.0 Å². The zero-order valence-corrected chi connectivity index (χ0v) is 12.5. The summed E-state index contributed by atoms with van der Waals surface area (Å²) in [7, 11) is -2.97. The SMILES string of the molecule is CCNC(c1ccc(C)cc1)C1CCCCS1(=O)=O. The van der Waals surface area contributed by atoms with E-state index in [2.05, 4.69) is 17.4 Å². The molecule has 2 unspecified atom stereocenters. The summed E-state index contributed by atoms with van der Waals surface area (Å²) in [5.74, 6) is 0.339. The number of hydrogen-bond donors (Lipinski definition) is 1. The van der Waals surface area contributed by atoms with E-state index in [1.165, 1.54) is 5.56 Å². The monoisotopic (exact) mass is 281 g/mol. The Bertz CT molecular complexity index is 507. The zero-order valence-electron chi connectivity index (χ0n) is 11.7. The van der Waals surface area contributed by atoms with Crippen molar-refractivity contribution < 1.29 is 8.42 Å². The van der Waals surface area contributed by atoms with E-state index in [4.69, 9.17) is 0 Å². The normalized spacial score (nSPS) is 24.0. The van der Waals surface area contributed by atoms with Gasteiger partial charge in [0.25, 0.3) is 0 Å². The Balaban J connectivity index is 2.31. The highest BCUT2D eigenvalue weighted by Crippen LogP contribution is 2.30. The van der Waals surface area contributed by atoms with Gasteiger partial charge in [-0.15, -0.1) is 0 Å². The van der Waals surface area contributed by atoms with Crippen molar-refractivity contribution in [1.29, 1.82) is 0 Å². The second-order valence-electron chi connectivity index (χ2n) is 5.35. The Hall–Kier alpha value is -0.870. The van der Waals surface area contributed by atoms with E-state index >= 15 is 0 Å². The predicted octanol–water partition coefficient (Wildman–Crippen LogP) is 2.61. The molecule has 4 heteroatoms. The molecule has 1 aliphatic rings. The minimum absolute atomic E-state index is 0.0732. The summed E-state index contributed by atoms with van der Waals surface area (Å²) in [4.78, 5) is 0. The molecule has 1 saturated heterocycles. The van der Waals surface area contributed by atoms with Crippen LogP contribution in [0.3, 0.4) is 0 Å². The summed E-state index contributed by atoms with van der Waals surface area (Å²) in [6.45, 7) is 4.85. The van der Waals surface area contributed by atoms with Crippen LogP contribution in [0, 0.1) is 6.92 Å². The summed E-state index contributed by atoms with van der Waals surface area (Å²) < 4.78 is 24.6. The minimum atomic E-state index is -2.97. The number of rotatable bonds is 4. The highest BCUT2D eigenvalue weighted by atomic mass is 32.2. The lowest BCUT2D eigenvalue weighted by Crippen LogP contribution is -2.40. The van der Waals surface area contributed by atoms with Gasteiger partial charge in [-0.05, 0) is 31.9 Å². The van der Waals surface area contributed by atoms with Crippen molar-refractivity contribution in [3.8, 4) is 0 Å². The van der Waals surface area contributed by atoms with E-state index in [1.807, 2.05) is 26.0 Å². The lowest BCUT2D eigenvalue weighted by atomic mass is 9.98. The molecular weight excluding hydrogens is 258 g/mol. The molecule has 0 saturated carbocycles. The van der Waals surface area contributed by atoms with Crippen LogP contribution in [0.15, 0.2) is 24.3 Å². The topological polar surface area (TPSA) is 46.2 Å². The van der Waals surface area contributed by atoms with E-state index in [0.29, 0.717) is 5.75 Å². The van der Waals surface area contributed by atoms with Crippen LogP contribution in [0.1, 0.15) is 43.4 Å². The third kappa shape index (κ3) is 3.37. The molecular formula is C15H23NO2S. The fourth-order valence-electron chi connectivity index (χ4n) is 2.81. The maximum atomic E-state index is 12.3.